The van der Waals surface area contributed by atoms with Gasteiger partial charge in [-0.3, -0.25) is 19.3 Å². The Morgan fingerprint density at radius 3 is 2.10 bits per heavy atom. The van der Waals surface area contributed by atoms with Gasteiger partial charge in [-0.25, -0.2) is 0 Å². The number of amides is 3. The number of ether oxygens (including phenoxy) is 1. The van der Waals surface area contributed by atoms with E-state index < -0.39 is 30.1 Å². The highest BCUT2D eigenvalue weighted by Crippen LogP contribution is 2.21. The van der Waals surface area contributed by atoms with Crippen LogP contribution >= 0.6 is 0 Å². The molecule has 0 aromatic heterocycles. The van der Waals surface area contributed by atoms with Crippen LogP contribution in [0.25, 0.3) is 6.08 Å². The molecule has 3 aromatic rings. The van der Waals surface area contributed by atoms with Crippen LogP contribution in [0.3, 0.4) is 0 Å². The van der Waals surface area contributed by atoms with Crippen molar-refractivity contribution in [2.75, 3.05) is 14.1 Å². The van der Waals surface area contributed by atoms with Crippen LogP contribution in [0.5, 0.6) is 5.75 Å². The molecule has 0 unspecified atom stereocenters. The minimum Gasteiger partial charge on any atom is -0.487 e. The Kier molecular flexibility index (Phi) is 10.5. The molecule has 2 bridgehead atoms. The van der Waals surface area contributed by atoms with E-state index in [0.717, 1.165) is 16.7 Å². The Bertz CT molecular complexity index is 1360. The monoisotopic (exact) mass is 568 g/mol. The molecule has 5 rings (SSSR count). The molecule has 3 amide bonds. The number of likely N-dealkylation sites (N-methyl/N-ethyl adjacent to an activating group) is 1. The SMILES string of the molecule is CC(C)[C@H]1Oc2ccc(cc2)/C=C/NC(=O)[C@H](Cc2ccccc2)NC(=O)[C@H]1NC(=O)[C@H](Cc1ccccc1)N(C)C. The molecule has 8 nitrogen and oxygen atoms in total. The van der Waals surface area contributed by atoms with Gasteiger partial charge in [0.05, 0.1) is 6.04 Å². The summed E-state index contributed by atoms with van der Waals surface area (Å²) in [7, 11) is 3.68. The number of nitrogens with zero attached hydrogens (tertiary/aromatic N) is 1. The minimum atomic E-state index is -1.07. The number of rotatable bonds is 8. The van der Waals surface area contributed by atoms with Crippen molar-refractivity contribution in [1.82, 2.24) is 20.9 Å². The fraction of sp³-hybridized carbons (Fsp3) is 0.324. The Morgan fingerprint density at radius 1 is 0.881 bits per heavy atom. The maximum Gasteiger partial charge on any atom is 0.247 e. The normalized spacial score (nSPS) is 20.7. The van der Waals surface area contributed by atoms with Gasteiger partial charge in [0, 0.05) is 12.6 Å². The lowest BCUT2D eigenvalue weighted by Crippen LogP contribution is -2.62. The Hall–Kier alpha value is -4.43. The van der Waals surface area contributed by atoms with Crippen molar-refractivity contribution in [2.45, 2.75) is 50.9 Å². The first-order valence-corrected chi connectivity index (χ1v) is 14.3. The second kappa shape index (κ2) is 14.5. The molecular formula is C34H40N4O4. The molecule has 2 aliphatic rings. The number of carbonyl (C=O) groups excluding carboxylic acids is 3. The third-order valence-electron chi connectivity index (χ3n) is 7.33. The molecule has 2 aliphatic heterocycles. The summed E-state index contributed by atoms with van der Waals surface area (Å²) in [5.74, 6) is -0.732. The van der Waals surface area contributed by atoms with Gasteiger partial charge in [0.25, 0.3) is 0 Å². The Labute approximate surface area is 248 Å². The fourth-order valence-corrected chi connectivity index (χ4v) is 4.94. The van der Waals surface area contributed by atoms with Gasteiger partial charge in [-0.05, 0) is 61.3 Å². The summed E-state index contributed by atoms with van der Waals surface area (Å²) in [5, 5.41) is 8.74. The molecule has 8 heteroatoms. The summed E-state index contributed by atoms with van der Waals surface area (Å²) in [4.78, 5) is 43.1. The zero-order valence-corrected chi connectivity index (χ0v) is 24.6. The molecule has 0 saturated carbocycles. The quantitative estimate of drug-likeness (QED) is 0.386. The van der Waals surface area contributed by atoms with E-state index in [1.54, 1.807) is 12.3 Å². The zero-order valence-electron chi connectivity index (χ0n) is 24.6. The van der Waals surface area contributed by atoms with Crippen molar-refractivity contribution in [3.63, 3.8) is 0 Å². The van der Waals surface area contributed by atoms with E-state index >= 15 is 0 Å². The van der Waals surface area contributed by atoms with E-state index in [2.05, 4.69) is 16.0 Å². The van der Waals surface area contributed by atoms with Crippen LogP contribution in [0.2, 0.25) is 0 Å². The number of nitrogens with one attached hydrogen (secondary N) is 3. The number of fused-ring (bicyclic) bond motifs is 10. The second-order valence-electron chi connectivity index (χ2n) is 11.1. The molecule has 4 atom stereocenters. The first-order chi connectivity index (χ1) is 20.2. The minimum absolute atomic E-state index is 0.151. The lowest BCUT2D eigenvalue weighted by molar-refractivity contribution is -0.136. The summed E-state index contributed by atoms with van der Waals surface area (Å²) in [6.07, 6.45) is 3.39. The summed E-state index contributed by atoms with van der Waals surface area (Å²) >= 11 is 0. The van der Waals surface area contributed by atoms with E-state index in [-0.39, 0.29) is 24.2 Å². The summed E-state index contributed by atoms with van der Waals surface area (Å²) in [6, 6.07) is 24.1. The van der Waals surface area contributed by atoms with Gasteiger partial charge in [0.15, 0.2) is 0 Å². The van der Waals surface area contributed by atoms with E-state index in [9.17, 15) is 14.4 Å². The topological polar surface area (TPSA) is 99.8 Å². The number of hydrogen-bond donors (Lipinski definition) is 3. The van der Waals surface area contributed by atoms with Gasteiger partial charge >= 0.3 is 0 Å². The average Bonchev–Trinajstić information content (AvgIpc) is 2.98. The molecule has 0 spiro atoms. The van der Waals surface area contributed by atoms with Crippen molar-refractivity contribution in [1.29, 1.82) is 0 Å². The smallest absolute Gasteiger partial charge is 0.247 e. The number of benzene rings is 3. The zero-order chi connectivity index (χ0) is 30.1. The highest BCUT2D eigenvalue weighted by molar-refractivity contribution is 5.94. The predicted octanol–water partition coefficient (Wildman–Crippen LogP) is 3.58. The van der Waals surface area contributed by atoms with Crippen LogP contribution in [0, 0.1) is 5.92 Å². The molecule has 0 saturated heterocycles. The van der Waals surface area contributed by atoms with E-state index in [4.69, 9.17) is 4.74 Å². The van der Waals surface area contributed by atoms with Crippen molar-refractivity contribution in [3.8, 4) is 5.75 Å². The van der Waals surface area contributed by atoms with Crippen molar-refractivity contribution < 1.29 is 19.1 Å². The van der Waals surface area contributed by atoms with Gasteiger partial charge in [0.2, 0.25) is 17.7 Å². The van der Waals surface area contributed by atoms with Crippen molar-refractivity contribution in [2.24, 2.45) is 5.92 Å². The van der Waals surface area contributed by atoms with Gasteiger partial charge < -0.3 is 20.7 Å². The average molecular weight is 569 g/mol. The van der Waals surface area contributed by atoms with Gasteiger partial charge in [-0.15, -0.1) is 0 Å². The van der Waals surface area contributed by atoms with Crippen LogP contribution in [-0.2, 0) is 27.2 Å². The van der Waals surface area contributed by atoms with Gasteiger partial charge in [-0.1, -0.05) is 86.6 Å². The first-order valence-electron chi connectivity index (χ1n) is 14.3. The Balaban J connectivity index is 1.69. The maximum absolute atomic E-state index is 14.1. The van der Waals surface area contributed by atoms with Crippen LogP contribution in [0.4, 0.5) is 0 Å². The lowest BCUT2D eigenvalue weighted by Gasteiger charge is -2.33. The molecule has 3 aromatic carbocycles. The van der Waals surface area contributed by atoms with Crippen molar-refractivity contribution >= 4 is 23.8 Å². The first kappa shape index (κ1) is 30.5. The van der Waals surface area contributed by atoms with E-state index in [1.807, 2.05) is 118 Å². The molecule has 42 heavy (non-hydrogen) atoms. The van der Waals surface area contributed by atoms with E-state index in [0.29, 0.717) is 12.2 Å². The molecule has 0 aliphatic carbocycles. The number of carbonyl (C=O) groups is 3. The van der Waals surface area contributed by atoms with Crippen molar-refractivity contribution in [3.05, 3.63) is 108 Å². The molecule has 0 radical (unpaired) electrons. The van der Waals surface area contributed by atoms with Crippen LogP contribution in [0.15, 0.2) is 91.1 Å². The van der Waals surface area contributed by atoms with Crippen LogP contribution in [-0.4, -0.2) is 60.9 Å². The van der Waals surface area contributed by atoms with Gasteiger partial charge in [-0.2, -0.15) is 0 Å². The lowest BCUT2D eigenvalue weighted by atomic mass is 9.96. The third kappa shape index (κ3) is 8.30. The highest BCUT2D eigenvalue weighted by Gasteiger charge is 2.37. The summed E-state index contributed by atoms with van der Waals surface area (Å²) in [6.45, 7) is 3.89. The molecule has 2 heterocycles. The largest absolute Gasteiger partial charge is 0.487 e. The highest BCUT2D eigenvalue weighted by atomic mass is 16.5. The predicted molar refractivity (Wildman–Crippen MR) is 165 cm³/mol. The standard InChI is InChI=1S/C34H40N4O4/c1-23(2)31-30(37-33(40)29(38(3)4)22-26-13-9-6-10-14-26)34(41)36-28(21-25-11-7-5-8-12-25)32(39)35-20-19-24-15-17-27(42-31)18-16-24/h5-20,23,28-31H,21-22H2,1-4H3,(H,35,39)(H,36,41)(H,37,40)/b20-19+/t28-,29-,30-,31+/m0/s1. The molecule has 3 N–H and O–H groups in total. The second-order valence-corrected chi connectivity index (χ2v) is 11.1. The summed E-state index contributed by atoms with van der Waals surface area (Å²) in [5.41, 5.74) is 2.78. The maximum atomic E-state index is 14.1. The molecular weight excluding hydrogens is 528 g/mol. The van der Waals surface area contributed by atoms with Crippen LogP contribution < -0.4 is 20.7 Å². The molecule has 0 fully saturated rings. The van der Waals surface area contributed by atoms with E-state index in [1.165, 1.54) is 0 Å². The van der Waals surface area contributed by atoms with Gasteiger partial charge in [0.1, 0.15) is 23.9 Å². The fourth-order valence-electron chi connectivity index (χ4n) is 4.94. The van der Waals surface area contributed by atoms with Crippen LogP contribution in [0.1, 0.15) is 30.5 Å². The molecule has 220 valence electrons. The third-order valence-corrected chi connectivity index (χ3v) is 7.33. The number of hydrogen-bond acceptors (Lipinski definition) is 5. The Morgan fingerprint density at radius 2 is 1.50 bits per heavy atom. The summed E-state index contributed by atoms with van der Waals surface area (Å²) < 4.78 is 6.38.